The number of hydrogen-bond donors (Lipinski definition) is 2. The molecule has 7 nitrogen and oxygen atoms in total. The monoisotopic (exact) mass is 292 g/mol. The Bertz CT molecular complexity index is 651. The number of carboxylic acid groups (broad SMARTS) is 1. The molecule has 0 saturated carbocycles. The number of aromatic nitrogens is 2. The molecule has 0 aliphatic rings. The van der Waals surface area contributed by atoms with Crippen LogP contribution in [0.25, 0.3) is 11.3 Å². The first-order valence-corrected chi connectivity index (χ1v) is 6.14. The van der Waals surface area contributed by atoms with Gasteiger partial charge in [-0.25, -0.2) is 4.79 Å². The lowest BCUT2D eigenvalue weighted by Crippen LogP contribution is -1.99. The van der Waals surface area contributed by atoms with E-state index in [9.17, 15) is 4.79 Å². The van der Waals surface area contributed by atoms with Gasteiger partial charge in [0.1, 0.15) is 22.9 Å². The van der Waals surface area contributed by atoms with Crippen LogP contribution in [0.2, 0.25) is 0 Å². The Balaban J connectivity index is 2.62. The Morgan fingerprint density at radius 2 is 2.05 bits per heavy atom. The second-order valence-electron chi connectivity index (χ2n) is 4.24. The molecule has 1 heterocycles. The van der Waals surface area contributed by atoms with Gasteiger partial charge in [0.25, 0.3) is 0 Å². The molecule has 2 aromatic rings. The molecule has 0 amide bonds. The van der Waals surface area contributed by atoms with Crippen LogP contribution in [0.1, 0.15) is 16.1 Å². The van der Waals surface area contributed by atoms with Gasteiger partial charge in [-0.05, 0) is 18.2 Å². The van der Waals surface area contributed by atoms with E-state index in [-0.39, 0.29) is 5.69 Å². The third-order valence-electron chi connectivity index (χ3n) is 2.99. The van der Waals surface area contributed by atoms with Crippen molar-refractivity contribution in [3.8, 4) is 22.8 Å². The number of nitrogens with one attached hydrogen (secondary N) is 1. The average molecular weight is 292 g/mol. The maximum Gasteiger partial charge on any atom is 0.353 e. The van der Waals surface area contributed by atoms with Gasteiger partial charge in [-0.1, -0.05) is 0 Å². The number of hydrogen-bond acceptors (Lipinski definition) is 5. The molecule has 0 saturated heterocycles. The molecular formula is C14H16N2O5. The van der Waals surface area contributed by atoms with Crippen molar-refractivity contribution in [3.63, 3.8) is 0 Å². The Morgan fingerprint density at radius 1 is 1.29 bits per heavy atom. The summed E-state index contributed by atoms with van der Waals surface area (Å²) in [5, 5.41) is 15.5. The number of methoxy groups -OCH3 is 3. The predicted octanol–water partition coefficient (Wildman–Crippen LogP) is 1.94. The van der Waals surface area contributed by atoms with Crippen molar-refractivity contribution in [3.05, 3.63) is 29.5 Å². The van der Waals surface area contributed by atoms with E-state index < -0.39 is 5.97 Å². The quantitative estimate of drug-likeness (QED) is 0.845. The molecule has 0 spiro atoms. The Hall–Kier alpha value is -2.54. The Kier molecular flexibility index (Phi) is 4.44. The molecule has 1 aromatic heterocycles. The number of ether oxygens (including phenoxy) is 3. The third kappa shape index (κ3) is 2.82. The van der Waals surface area contributed by atoms with Crippen molar-refractivity contribution in [1.82, 2.24) is 10.2 Å². The van der Waals surface area contributed by atoms with Crippen LogP contribution in [0.5, 0.6) is 11.5 Å². The van der Waals surface area contributed by atoms with E-state index in [2.05, 4.69) is 10.2 Å². The molecule has 0 fully saturated rings. The summed E-state index contributed by atoms with van der Waals surface area (Å²) in [6.45, 7) is 0.358. The summed E-state index contributed by atoms with van der Waals surface area (Å²) in [7, 11) is 4.64. The number of aromatic carboxylic acids is 1. The van der Waals surface area contributed by atoms with Crippen molar-refractivity contribution in [2.45, 2.75) is 6.61 Å². The highest BCUT2D eigenvalue weighted by Crippen LogP contribution is 2.40. The molecule has 1 aromatic carbocycles. The van der Waals surface area contributed by atoms with E-state index in [1.54, 1.807) is 13.2 Å². The van der Waals surface area contributed by atoms with E-state index in [0.29, 0.717) is 29.4 Å². The van der Waals surface area contributed by atoms with Crippen LogP contribution in [0.4, 0.5) is 0 Å². The summed E-state index contributed by atoms with van der Waals surface area (Å²) >= 11 is 0. The minimum absolute atomic E-state index is 0.00810. The average Bonchev–Trinajstić information content (AvgIpc) is 2.96. The normalized spacial score (nSPS) is 10.4. The first-order chi connectivity index (χ1) is 10.1. The molecule has 21 heavy (non-hydrogen) atoms. The van der Waals surface area contributed by atoms with Crippen LogP contribution >= 0.6 is 0 Å². The number of H-pyrrole nitrogens is 1. The fourth-order valence-electron chi connectivity index (χ4n) is 2.08. The highest BCUT2D eigenvalue weighted by atomic mass is 16.5. The zero-order valence-corrected chi connectivity index (χ0v) is 12.0. The van der Waals surface area contributed by atoms with Crippen LogP contribution in [0.3, 0.4) is 0 Å². The molecule has 0 aliphatic heterocycles. The fraction of sp³-hybridized carbons (Fsp3) is 0.286. The van der Waals surface area contributed by atoms with Crippen LogP contribution in [0, 0.1) is 0 Å². The second kappa shape index (κ2) is 6.27. The molecule has 0 atom stereocenters. The van der Waals surface area contributed by atoms with Crippen LogP contribution in [0.15, 0.2) is 18.2 Å². The number of carbonyl (C=O) groups is 1. The first-order valence-electron chi connectivity index (χ1n) is 6.14. The molecular weight excluding hydrogens is 276 g/mol. The lowest BCUT2D eigenvalue weighted by atomic mass is 10.0. The summed E-state index contributed by atoms with van der Waals surface area (Å²) in [4.78, 5) is 11.0. The summed E-state index contributed by atoms with van der Waals surface area (Å²) < 4.78 is 15.9. The van der Waals surface area contributed by atoms with E-state index >= 15 is 0 Å². The maximum absolute atomic E-state index is 11.0. The van der Waals surface area contributed by atoms with Gasteiger partial charge < -0.3 is 19.3 Å². The molecule has 2 rings (SSSR count). The lowest BCUT2D eigenvalue weighted by molar-refractivity contribution is 0.0690. The number of benzene rings is 1. The van der Waals surface area contributed by atoms with Gasteiger partial charge in [0.15, 0.2) is 0 Å². The SMILES string of the molecule is COCc1ccc(OC)c(-c2cc(C(=O)O)[nH]n2)c1OC. The first kappa shape index (κ1) is 14.9. The summed E-state index contributed by atoms with van der Waals surface area (Å²) in [5.74, 6) is -0.00508. The van der Waals surface area contributed by atoms with Crippen LogP contribution in [-0.4, -0.2) is 42.6 Å². The predicted molar refractivity (Wildman–Crippen MR) is 74.8 cm³/mol. The highest BCUT2D eigenvalue weighted by molar-refractivity contribution is 5.88. The van der Waals surface area contributed by atoms with Crippen molar-refractivity contribution in [2.75, 3.05) is 21.3 Å². The van der Waals surface area contributed by atoms with E-state index in [0.717, 1.165) is 5.56 Å². The van der Waals surface area contributed by atoms with Gasteiger partial charge in [-0.15, -0.1) is 0 Å². The standard InChI is InChI=1S/C14H16N2O5/c1-19-7-8-4-5-11(20-2)12(13(8)21-3)9-6-10(14(17)18)16-15-9/h4-6H,7H2,1-3H3,(H,15,16)(H,17,18). The molecule has 0 unspecified atom stereocenters. The van der Waals surface area contributed by atoms with Gasteiger partial charge >= 0.3 is 5.97 Å². The highest BCUT2D eigenvalue weighted by Gasteiger charge is 2.20. The number of carboxylic acids is 1. The minimum atomic E-state index is -1.08. The number of rotatable bonds is 6. The van der Waals surface area contributed by atoms with Crippen molar-refractivity contribution in [1.29, 1.82) is 0 Å². The molecule has 2 N–H and O–H groups in total. The Labute approximate surface area is 121 Å². The fourth-order valence-corrected chi connectivity index (χ4v) is 2.08. The Morgan fingerprint density at radius 3 is 2.57 bits per heavy atom. The van der Waals surface area contributed by atoms with Crippen LogP contribution in [-0.2, 0) is 11.3 Å². The lowest BCUT2D eigenvalue weighted by Gasteiger charge is -2.15. The summed E-state index contributed by atoms with van der Waals surface area (Å²) in [5.41, 5.74) is 1.82. The zero-order valence-electron chi connectivity index (χ0n) is 12.0. The van der Waals surface area contributed by atoms with Gasteiger partial charge in [0.2, 0.25) is 0 Å². The molecule has 7 heteroatoms. The number of aromatic amines is 1. The summed E-state index contributed by atoms with van der Waals surface area (Å²) in [6, 6.07) is 5.02. The van der Waals surface area contributed by atoms with E-state index in [4.69, 9.17) is 19.3 Å². The maximum atomic E-state index is 11.0. The van der Waals surface area contributed by atoms with Gasteiger partial charge in [0, 0.05) is 12.7 Å². The van der Waals surface area contributed by atoms with Crippen LogP contribution < -0.4 is 9.47 Å². The van der Waals surface area contributed by atoms with Gasteiger partial charge in [-0.2, -0.15) is 5.10 Å². The topological polar surface area (TPSA) is 93.7 Å². The molecule has 0 aliphatic carbocycles. The smallest absolute Gasteiger partial charge is 0.353 e. The van der Waals surface area contributed by atoms with Gasteiger partial charge in [-0.3, -0.25) is 5.10 Å². The second-order valence-corrected chi connectivity index (χ2v) is 4.24. The van der Waals surface area contributed by atoms with Crippen molar-refractivity contribution < 1.29 is 24.1 Å². The molecule has 112 valence electrons. The van der Waals surface area contributed by atoms with E-state index in [1.165, 1.54) is 20.3 Å². The van der Waals surface area contributed by atoms with E-state index in [1.807, 2.05) is 6.07 Å². The zero-order chi connectivity index (χ0) is 15.4. The summed E-state index contributed by atoms with van der Waals surface area (Å²) in [6.07, 6.45) is 0. The van der Waals surface area contributed by atoms with Crippen molar-refractivity contribution in [2.24, 2.45) is 0 Å². The van der Waals surface area contributed by atoms with Crippen molar-refractivity contribution >= 4 is 5.97 Å². The largest absolute Gasteiger partial charge is 0.496 e. The minimum Gasteiger partial charge on any atom is -0.496 e. The van der Waals surface area contributed by atoms with Gasteiger partial charge in [0.05, 0.1) is 26.4 Å². The molecule has 0 radical (unpaired) electrons. The molecule has 0 bridgehead atoms. The number of nitrogens with zero attached hydrogens (tertiary/aromatic N) is 1. The third-order valence-corrected chi connectivity index (χ3v) is 2.99.